The average molecular weight is 436 g/mol. The number of hydrogen-bond donors (Lipinski definition) is 2. The predicted octanol–water partition coefficient (Wildman–Crippen LogP) is 3.55. The third-order valence-corrected chi connectivity index (χ3v) is 6.45. The Balaban J connectivity index is 1.29. The first-order valence-corrected chi connectivity index (χ1v) is 10.3. The van der Waals surface area contributed by atoms with E-state index in [4.69, 9.17) is 20.9 Å². The first-order valence-electron chi connectivity index (χ1n) is 9.93. The number of nitrogens with zero attached hydrogens (tertiary/aromatic N) is 1. The molecule has 2 N–H and O–H groups in total. The molecule has 0 saturated heterocycles. The molecule has 7 nitrogen and oxygen atoms in total. The number of aromatic nitrogens is 1. The Hall–Kier alpha value is -2.61. The number of carbonyl (C=O) groups is 2. The molecule has 5 rings (SSSR count). The highest BCUT2D eigenvalue weighted by atomic mass is 35.5. The average Bonchev–Trinajstić information content (AvgIpc) is 3.17. The highest BCUT2D eigenvalue weighted by molar-refractivity contribution is 6.30. The van der Waals surface area contributed by atoms with Crippen molar-refractivity contribution in [3.63, 3.8) is 0 Å². The van der Waals surface area contributed by atoms with Crippen molar-refractivity contribution in [2.75, 3.05) is 6.61 Å². The van der Waals surface area contributed by atoms with Crippen molar-refractivity contribution in [1.29, 1.82) is 0 Å². The molecule has 160 valence electrons. The van der Waals surface area contributed by atoms with Crippen LogP contribution in [0.15, 0.2) is 28.8 Å². The Bertz CT molecular complexity index is 952. The van der Waals surface area contributed by atoms with Crippen LogP contribution in [0, 0.1) is 12.7 Å². The van der Waals surface area contributed by atoms with Crippen molar-refractivity contribution in [3.05, 3.63) is 46.6 Å². The van der Waals surface area contributed by atoms with Crippen molar-refractivity contribution in [1.82, 2.24) is 15.8 Å². The van der Waals surface area contributed by atoms with Crippen LogP contribution in [0.5, 0.6) is 5.75 Å². The summed E-state index contributed by atoms with van der Waals surface area (Å²) < 4.78 is 23.9. The zero-order valence-corrected chi connectivity index (χ0v) is 17.4. The van der Waals surface area contributed by atoms with Gasteiger partial charge in [-0.2, -0.15) is 0 Å². The Morgan fingerprint density at radius 1 is 1.13 bits per heavy atom. The minimum Gasteiger partial charge on any atom is -0.484 e. The summed E-state index contributed by atoms with van der Waals surface area (Å²) in [6, 6.07) is 5.68. The fourth-order valence-corrected chi connectivity index (χ4v) is 4.50. The van der Waals surface area contributed by atoms with Crippen molar-refractivity contribution in [2.24, 2.45) is 0 Å². The van der Waals surface area contributed by atoms with Gasteiger partial charge in [-0.15, -0.1) is 0 Å². The van der Waals surface area contributed by atoms with E-state index in [1.54, 1.807) is 13.0 Å². The van der Waals surface area contributed by atoms with Crippen LogP contribution in [-0.4, -0.2) is 34.7 Å². The second-order valence-corrected chi connectivity index (χ2v) is 8.67. The van der Waals surface area contributed by atoms with Crippen LogP contribution < -0.4 is 15.4 Å². The van der Waals surface area contributed by atoms with Gasteiger partial charge in [0.25, 0.3) is 11.8 Å². The fourth-order valence-electron chi connectivity index (χ4n) is 4.38. The maximum absolute atomic E-state index is 13.5. The highest BCUT2D eigenvalue weighted by Gasteiger charge is 2.50. The monoisotopic (exact) mass is 435 g/mol. The Labute approximate surface area is 178 Å². The van der Waals surface area contributed by atoms with Crippen LogP contribution in [0.4, 0.5) is 4.39 Å². The second-order valence-electron chi connectivity index (χ2n) is 8.26. The molecule has 0 radical (unpaired) electrons. The van der Waals surface area contributed by atoms with Crippen LogP contribution in [0.2, 0.25) is 5.02 Å². The van der Waals surface area contributed by atoms with E-state index in [1.807, 2.05) is 0 Å². The zero-order valence-electron chi connectivity index (χ0n) is 16.6. The topological polar surface area (TPSA) is 93.5 Å². The van der Waals surface area contributed by atoms with E-state index >= 15 is 0 Å². The van der Waals surface area contributed by atoms with Crippen LogP contribution >= 0.6 is 11.6 Å². The molecule has 1 aromatic heterocycles. The lowest BCUT2D eigenvalue weighted by molar-refractivity contribution is -0.126. The molecule has 0 unspecified atom stereocenters. The Morgan fingerprint density at radius 3 is 2.33 bits per heavy atom. The van der Waals surface area contributed by atoms with E-state index in [0.717, 1.165) is 44.6 Å². The summed E-state index contributed by atoms with van der Waals surface area (Å²) in [5.41, 5.74) is 0.0954. The van der Waals surface area contributed by atoms with Gasteiger partial charge in [0.05, 0.1) is 10.7 Å². The van der Waals surface area contributed by atoms with Crippen LogP contribution in [-0.2, 0) is 4.79 Å². The van der Waals surface area contributed by atoms with Gasteiger partial charge >= 0.3 is 0 Å². The first-order chi connectivity index (χ1) is 14.3. The van der Waals surface area contributed by atoms with Crippen molar-refractivity contribution < 1.29 is 23.2 Å². The van der Waals surface area contributed by atoms with Gasteiger partial charge in [-0.25, -0.2) is 4.39 Å². The molecule has 2 bridgehead atoms. The number of nitrogens with one attached hydrogen (secondary N) is 2. The van der Waals surface area contributed by atoms with Gasteiger partial charge in [-0.05, 0) is 57.6 Å². The number of fused-ring (bicyclic) bond motifs is 3. The SMILES string of the molecule is Cc1cc(C(=O)NC23CCC(NC(=O)COc4ccc(Cl)c(F)c4)(CC2)CC3)on1. The molecule has 30 heavy (non-hydrogen) atoms. The van der Waals surface area contributed by atoms with Crippen molar-refractivity contribution in [3.8, 4) is 5.75 Å². The van der Waals surface area contributed by atoms with Crippen LogP contribution in [0.1, 0.15) is 54.8 Å². The van der Waals surface area contributed by atoms with Crippen molar-refractivity contribution in [2.45, 2.75) is 56.5 Å². The van der Waals surface area contributed by atoms with Gasteiger partial charge < -0.3 is 19.9 Å². The summed E-state index contributed by atoms with van der Waals surface area (Å²) in [6.07, 6.45) is 4.62. The van der Waals surface area contributed by atoms with Gasteiger partial charge in [0.2, 0.25) is 5.76 Å². The number of carbonyl (C=O) groups excluding carboxylic acids is 2. The first kappa shape index (κ1) is 20.7. The maximum atomic E-state index is 13.5. The fraction of sp³-hybridized carbons (Fsp3) is 0.476. The molecule has 2 aromatic rings. The molecule has 3 saturated carbocycles. The summed E-state index contributed by atoms with van der Waals surface area (Å²) in [4.78, 5) is 24.9. The van der Waals surface area contributed by atoms with E-state index in [0.29, 0.717) is 5.69 Å². The predicted molar refractivity (Wildman–Crippen MR) is 107 cm³/mol. The van der Waals surface area contributed by atoms with Crippen LogP contribution in [0.3, 0.4) is 0 Å². The normalized spacial score (nSPS) is 25.0. The van der Waals surface area contributed by atoms with E-state index in [2.05, 4.69) is 15.8 Å². The van der Waals surface area contributed by atoms with Gasteiger partial charge in [0.1, 0.15) is 11.6 Å². The van der Waals surface area contributed by atoms with Crippen LogP contribution in [0.25, 0.3) is 0 Å². The number of aryl methyl sites for hydroxylation is 1. The minimum absolute atomic E-state index is 0.00382. The largest absolute Gasteiger partial charge is 0.484 e. The number of rotatable bonds is 6. The smallest absolute Gasteiger partial charge is 0.290 e. The maximum Gasteiger partial charge on any atom is 0.290 e. The number of hydrogen-bond acceptors (Lipinski definition) is 5. The minimum atomic E-state index is -0.591. The van der Waals surface area contributed by atoms with E-state index in [1.165, 1.54) is 12.1 Å². The number of halogens is 2. The molecule has 2 amide bonds. The molecular formula is C21H23ClFN3O4. The Morgan fingerprint density at radius 2 is 1.77 bits per heavy atom. The molecular weight excluding hydrogens is 413 g/mol. The summed E-state index contributed by atoms with van der Waals surface area (Å²) in [5, 5.41) is 9.98. The van der Waals surface area contributed by atoms with E-state index in [9.17, 15) is 14.0 Å². The molecule has 9 heteroatoms. The van der Waals surface area contributed by atoms with Gasteiger partial charge in [0.15, 0.2) is 6.61 Å². The quantitative estimate of drug-likeness (QED) is 0.723. The molecule has 3 fully saturated rings. The third kappa shape index (κ3) is 4.28. The van der Waals surface area contributed by atoms with E-state index < -0.39 is 5.82 Å². The van der Waals surface area contributed by atoms with Gasteiger partial charge in [-0.1, -0.05) is 16.8 Å². The number of amides is 2. The molecule has 3 aliphatic carbocycles. The standard InChI is InChI=1S/C21H23ClFN3O4/c1-13-10-17(30-26-13)19(28)25-21-7-4-20(5-8-21,6-9-21)24-18(27)12-29-14-2-3-15(22)16(23)11-14/h2-3,10-11H,4-9,12H2,1H3,(H,24,27)(H,25,28). The lowest BCUT2D eigenvalue weighted by atomic mass is 9.61. The molecule has 0 spiro atoms. The second kappa shape index (κ2) is 7.91. The molecule has 1 aromatic carbocycles. The van der Waals surface area contributed by atoms with Gasteiger partial charge in [-0.3, -0.25) is 9.59 Å². The molecule has 0 aliphatic heterocycles. The molecule has 1 heterocycles. The van der Waals surface area contributed by atoms with Gasteiger partial charge in [0, 0.05) is 23.2 Å². The van der Waals surface area contributed by atoms with E-state index in [-0.39, 0.29) is 46.0 Å². The zero-order chi connectivity index (χ0) is 21.4. The molecule has 3 aliphatic rings. The number of benzene rings is 1. The number of ether oxygens (including phenoxy) is 1. The third-order valence-electron chi connectivity index (χ3n) is 6.14. The summed E-state index contributed by atoms with van der Waals surface area (Å²) in [7, 11) is 0. The lowest BCUT2D eigenvalue weighted by Crippen LogP contribution is -2.64. The van der Waals surface area contributed by atoms with Crippen molar-refractivity contribution >= 4 is 23.4 Å². The lowest BCUT2D eigenvalue weighted by Gasteiger charge is -2.53. The molecule has 0 atom stereocenters. The highest BCUT2D eigenvalue weighted by Crippen LogP contribution is 2.47. The summed E-state index contributed by atoms with van der Waals surface area (Å²) in [5.74, 6) is -0.625. The summed E-state index contributed by atoms with van der Waals surface area (Å²) >= 11 is 5.65. The Kier molecular flexibility index (Phi) is 5.44. The summed E-state index contributed by atoms with van der Waals surface area (Å²) in [6.45, 7) is 1.57.